The predicted molar refractivity (Wildman–Crippen MR) is 103 cm³/mol. The van der Waals surface area contributed by atoms with Gasteiger partial charge >= 0.3 is 6.03 Å². The van der Waals surface area contributed by atoms with Crippen LogP contribution in [-0.4, -0.2) is 25.0 Å². The van der Waals surface area contributed by atoms with Crippen LogP contribution in [0.4, 0.5) is 10.5 Å². The number of ether oxygens (including phenoxy) is 1. The lowest BCUT2D eigenvalue weighted by molar-refractivity contribution is -0.122. The van der Waals surface area contributed by atoms with Crippen molar-refractivity contribution in [3.8, 4) is 5.75 Å². The summed E-state index contributed by atoms with van der Waals surface area (Å²) in [6.45, 7) is 5.69. The van der Waals surface area contributed by atoms with Crippen molar-refractivity contribution >= 4 is 29.6 Å². The first kappa shape index (κ1) is 18.4. The summed E-state index contributed by atoms with van der Waals surface area (Å²) in [6.07, 6.45) is 1.49. The molecule has 6 heteroatoms. The van der Waals surface area contributed by atoms with Gasteiger partial charge in [-0.25, -0.2) is 9.69 Å². The fourth-order valence-corrected chi connectivity index (χ4v) is 2.85. The number of amides is 4. The number of barbiturate groups is 1. The minimum Gasteiger partial charge on any atom is -0.497 e. The molecule has 2 aromatic rings. The number of anilines is 1. The van der Waals surface area contributed by atoms with E-state index in [2.05, 4.69) is 5.32 Å². The number of aryl methyl sites for hydroxylation is 3. The molecule has 0 aromatic heterocycles. The fraction of sp³-hybridized carbons (Fsp3) is 0.190. The predicted octanol–water partition coefficient (Wildman–Crippen LogP) is 3.29. The summed E-state index contributed by atoms with van der Waals surface area (Å²) in [5, 5.41) is 2.24. The molecule has 0 aliphatic carbocycles. The standard InChI is InChI=1S/C21H20N2O4/c1-12-5-7-16(9-13(12)2)23-20(25)18(19(24)22-21(23)26)11-15-6-8-17(27-4)10-14(15)3/h5-11H,1-4H3,(H,22,24,26). The van der Waals surface area contributed by atoms with E-state index in [0.717, 1.165) is 21.6 Å². The molecular weight excluding hydrogens is 344 g/mol. The van der Waals surface area contributed by atoms with Gasteiger partial charge in [0.1, 0.15) is 11.3 Å². The van der Waals surface area contributed by atoms with Gasteiger partial charge in [-0.15, -0.1) is 0 Å². The molecule has 6 nitrogen and oxygen atoms in total. The number of carbonyl (C=O) groups is 3. The second kappa shape index (κ2) is 7.07. The Morgan fingerprint density at radius 1 is 0.926 bits per heavy atom. The number of methoxy groups -OCH3 is 1. The van der Waals surface area contributed by atoms with Crippen LogP contribution in [0, 0.1) is 20.8 Å². The normalized spacial score (nSPS) is 15.9. The van der Waals surface area contributed by atoms with Gasteiger partial charge < -0.3 is 4.74 Å². The van der Waals surface area contributed by atoms with Gasteiger partial charge in [0.15, 0.2) is 0 Å². The Morgan fingerprint density at radius 3 is 2.30 bits per heavy atom. The first-order valence-corrected chi connectivity index (χ1v) is 8.45. The van der Waals surface area contributed by atoms with E-state index in [1.165, 1.54) is 6.08 Å². The van der Waals surface area contributed by atoms with Crippen LogP contribution in [0.3, 0.4) is 0 Å². The van der Waals surface area contributed by atoms with Crippen LogP contribution in [0.5, 0.6) is 5.75 Å². The van der Waals surface area contributed by atoms with Gasteiger partial charge in [0, 0.05) is 0 Å². The van der Waals surface area contributed by atoms with Gasteiger partial charge in [0.2, 0.25) is 0 Å². The van der Waals surface area contributed by atoms with E-state index in [0.29, 0.717) is 17.0 Å². The van der Waals surface area contributed by atoms with E-state index < -0.39 is 17.8 Å². The van der Waals surface area contributed by atoms with Crippen molar-refractivity contribution in [2.45, 2.75) is 20.8 Å². The van der Waals surface area contributed by atoms with Gasteiger partial charge in [0.05, 0.1) is 12.8 Å². The number of carbonyl (C=O) groups excluding carboxylic acids is 3. The molecule has 0 atom stereocenters. The molecule has 0 bridgehead atoms. The van der Waals surface area contributed by atoms with Crippen LogP contribution in [0.1, 0.15) is 22.3 Å². The van der Waals surface area contributed by atoms with Gasteiger partial charge in [-0.05, 0) is 73.4 Å². The number of rotatable bonds is 3. The third-order valence-corrected chi connectivity index (χ3v) is 4.63. The van der Waals surface area contributed by atoms with Crippen molar-refractivity contribution in [2.75, 3.05) is 12.0 Å². The maximum atomic E-state index is 12.9. The lowest BCUT2D eigenvalue weighted by atomic mass is 10.0. The lowest BCUT2D eigenvalue weighted by Crippen LogP contribution is -2.54. The summed E-state index contributed by atoms with van der Waals surface area (Å²) in [5.41, 5.74) is 3.86. The summed E-state index contributed by atoms with van der Waals surface area (Å²) >= 11 is 0. The number of urea groups is 1. The molecule has 0 saturated carbocycles. The van der Waals surface area contributed by atoms with Crippen LogP contribution in [0.2, 0.25) is 0 Å². The fourth-order valence-electron chi connectivity index (χ4n) is 2.85. The second-order valence-corrected chi connectivity index (χ2v) is 6.45. The maximum absolute atomic E-state index is 12.9. The Bertz CT molecular complexity index is 992. The molecule has 27 heavy (non-hydrogen) atoms. The molecule has 3 rings (SSSR count). The Morgan fingerprint density at radius 2 is 1.67 bits per heavy atom. The summed E-state index contributed by atoms with van der Waals surface area (Å²) in [5.74, 6) is -0.677. The summed E-state index contributed by atoms with van der Waals surface area (Å²) in [7, 11) is 1.57. The number of hydrogen-bond donors (Lipinski definition) is 1. The molecule has 138 valence electrons. The molecule has 2 aromatic carbocycles. The number of benzene rings is 2. The molecule has 0 spiro atoms. The zero-order valence-electron chi connectivity index (χ0n) is 15.6. The molecule has 0 radical (unpaired) electrons. The monoisotopic (exact) mass is 364 g/mol. The van der Waals surface area contributed by atoms with Gasteiger partial charge in [0.25, 0.3) is 11.8 Å². The lowest BCUT2D eigenvalue weighted by Gasteiger charge is -2.27. The van der Waals surface area contributed by atoms with Crippen LogP contribution >= 0.6 is 0 Å². The quantitative estimate of drug-likeness (QED) is 0.670. The second-order valence-electron chi connectivity index (χ2n) is 6.45. The topological polar surface area (TPSA) is 75.7 Å². The van der Waals surface area contributed by atoms with Crippen LogP contribution in [0.15, 0.2) is 42.0 Å². The van der Waals surface area contributed by atoms with Crippen molar-refractivity contribution in [1.29, 1.82) is 0 Å². The van der Waals surface area contributed by atoms with Crippen LogP contribution in [0.25, 0.3) is 6.08 Å². The van der Waals surface area contributed by atoms with Gasteiger partial charge in [-0.1, -0.05) is 12.1 Å². The number of imide groups is 2. The molecule has 1 aliphatic rings. The minimum absolute atomic E-state index is 0.0962. The van der Waals surface area contributed by atoms with E-state index in [1.807, 2.05) is 32.9 Å². The minimum atomic E-state index is -0.753. The number of nitrogens with zero attached hydrogens (tertiary/aromatic N) is 1. The van der Waals surface area contributed by atoms with Crippen molar-refractivity contribution in [1.82, 2.24) is 5.32 Å². The Hall–Kier alpha value is -3.41. The van der Waals surface area contributed by atoms with Gasteiger partial charge in [-0.3, -0.25) is 14.9 Å². The average molecular weight is 364 g/mol. The average Bonchev–Trinajstić information content (AvgIpc) is 2.62. The Labute approximate surface area is 157 Å². The summed E-state index contributed by atoms with van der Waals surface area (Å²) in [6, 6.07) is 9.83. The highest BCUT2D eigenvalue weighted by atomic mass is 16.5. The molecular formula is C21H20N2O4. The summed E-state index contributed by atoms with van der Waals surface area (Å²) in [4.78, 5) is 38.5. The molecule has 4 amide bonds. The number of hydrogen-bond acceptors (Lipinski definition) is 4. The maximum Gasteiger partial charge on any atom is 0.335 e. The third kappa shape index (κ3) is 3.46. The van der Waals surface area contributed by atoms with Crippen molar-refractivity contribution in [2.24, 2.45) is 0 Å². The van der Waals surface area contributed by atoms with Crippen molar-refractivity contribution < 1.29 is 19.1 Å². The largest absolute Gasteiger partial charge is 0.497 e. The van der Waals surface area contributed by atoms with Gasteiger partial charge in [-0.2, -0.15) is 0 Å². The zero-order chi connectivity index (χ0) is 19.7. The van der Waals surface area contributed by atoms with Crippen molar-refractivity contribution in [3.63, 3.8) is 0 Å². The van der Waals surface area contributed by atoms with E-state index in [1.54, 1.807) is 31.4 Å². The molecule has 1 fully saturated rings. The Kier molecular flexibility index (Phi) is 4.81. The zero-order valence-corrected chi connectivity index (χ0v) is 15.6. The first-order chi connectivity index (χ1) is 12.8. The molecule has 1 N–H and O–H groups in total. The third-order valence-electron chi connectivity index (χ3n) is 4.63. The van der Waals surface area contributed by atoms with E-state index in [-0.39, 0.29) is 5.57 Å². The molecule has 1 aliphatic heterocycles. The molecule has 1 saturated heterocycles. The van der Waals surface area contributed by atoms with Crippen LogP contribution < -0.4 is 15.0 Å². The van der Waals surface area contributed by atoms with E-state index in [9.17, 15) is 14.4 Å². The SMILES string of the molecule is COc1ccc(C=C2C(=O)NC(=O)N(c3ccc(C)c(C)c3)C2=O)c(C)c1. The first-order valence-electron chi connectivity index (χ1n) is 8.45. The van der Waals surface area contributed by atoms with E-state index >= 15 is 0 Å². The Balaban J connectivity index is 2.03. The summed E-state index contributed by atoms with van der Waals surface area (Å²) < 4.78 is 5.17. The smallest absolute Gasteiger partial charge is 0.335 e. The number of nitrogens with one attached hydrogen (secondary N) is 1. The van der Waals surface area contributed by atoms with Crippen molar-refractivity contribution in [3.05, 3.63) is 64.2 Å². The molecule has 0 unspecified atom stereocenters. The highest BCUT2D eigenvalue weighted by Crippen LogP contribution is 2.25. The van der Waals surface area contributed by atoms with Crippen LogP contribution in [-0.2, 0) is 9.59 Å². The molecule has 1 heterocycles. The highest BCUT2D eigenvalue weighted by Gasteiger charge is 2.36. The van der Waals surface area contributed by atoms with E-state index in [4.69, 9.17) is 4.74 Å². The highest BCUT2D eigenvalue weighted by molar-refractivity contribution is 6.39.